The van der Waals surface area contributed by atoms with Crippen molar-refractivity contribution in [2.75, 3.05) is 19.8 Å². The van der Waals surface area contributed by atoms with E-state index in [1.54, 1.807) is 18.2 Å². The monoisotopic (exact) mass is 264 g/mol. The summed E-state index contributed by atoms with van der Waals surface area (Å²) >= 11 is 11.6. The van der Waals surface area contributed by atoms with E-state index < -0.39 is 6.10 Å². The molecule has 0 radical (unpaired) electrons. The lowest BCUT2D eigenvalue weighted by Crippen LogP contribution is -2.23. The van der Waals surface area contributed by atoms with Gasteiger partial charge in [-0.05, 0) is 25.1 Å². The summed E-state index contributed by atoms with van der Waals surface area (Å²) in [6, 6.07) is 4.93. The highest BCUT2D eigenvalue weighted by Crippen LogP contribution is 2.27. The van der Waals surface area contributed by atoms with Crippen molar-refractivity contribution in [1.29, 1.82) is 0 Å². The molecule has 1 rings (SSSR count). The van der Waals surface area contributed by atoms with Crippen LogP contribution in [0.4, 0.5) is 0 Å². The molecule has 0 fully saturated rings. The zero-order valence-electron chi connectivity index (χ0n) is 8.95. The van der Waals surface area contributed by atoms with Gasteiger partial charge >= 0.3 is 0 Å². The van der Waals surface area contributed by atoms with Crippen LogP contribution >= 0.6 is 23.2 Å². The second-order valence-electron chi connectivity index (χ2n) is 3.20. The molecule has 3 nitrogen and oxygen atoms in total. The minimum Gasteiger partial charge on any atom is -0.489 e. The van der Waals surface area contributed by atoms with Crippen molar-refractivity contribution < 1.29 is 14.6 Å². The summed E-state index contributed by atoms with van der Waals surface area (Å²) in [6.45, 7) is 2.82. The largest absolute Gasteiger partial charge is 0.489 e. The van der Waals surface area contributed by atoms with Crippen LogP contribution in [-0.2, 0) is 4.74 Å². The number of hydrogen-bond donors (Lipinski definition) is 1. The fourth-order valence-electron chi connectivity index (χ4n) is 1.08. The van der Waals surface area contributed by atoms with Gasteiger partial charge in [-0.2, -0.15) is 0 Å². The molecule has 90 valence electrons. The Morgan fingerprint density at radius 3 is 2.69 bits per heavy atom. The summed E-state index contributed by atoms with van der Waals surface area (Å²) < 4.78 is 10.4. The molecule has 5 heteroatoms. The normalized spacial score (nSPS) is 12.5. The molecule has 1 N–H and O–H groups in total. The molecule has 0 amide bonds. The minimum atomic E-state index is -0.660. The Bertz CT molecular complexity index is 331. The van der Waals surface area contributed by atoms with Crippen molar-refractivity contribution in [3.63, 3.8) is 0 Å². The number of halogens is 2. The minimum absolute atomic E-state index is 0.140. The third-order valence-corrected chi connectivity index (χ3v) is 2.37. The Hall–Kier alpha value is -0.480. The molecule has 0 saturated carbocycles. The van der Waals surface area contributed by atoms with Gasteiger partial charge in [-0.3, -0.25) is 0 Å². The number of ether oxygens (including phenoxy) is 2. The van der Waals surface area contributed by atoms with E-state index in [0.717, 1.165) is 0 Å². The van der Waals surface area contributed by atoms with Crippen LogP contribution in [0, 0.1) is 0 Å². The molecule has 1 atom stereocenters. The summed E-state index contributed by atoms with van der Waals surface area (Å²) in [5, 5.41) is 10.4. The van der Waals surface area contributed by atoms with Crippen molar-refractivity contribution in [3.8, 4) is 5.75 Å². The Morgan fingerprint density at radius 1 is 1.31 bits per heavy atom. The summed E-state index contributed by atoms with van der Waals surface area (Å²) in [5.41, 5.74) is 0. The molecule has 16 heavy (non-hydrogen) atoms. The van der Waals surface area contributed by atoms with Crippen LogP contribution in [0.25, 0.3) is 0 Å². The van der Waals surface area contributed by atoms with Gasteiger partial charge in [0.05, 0.1) is 11.6 Å². The lowest BCUT2D eigenvalue weighted by Gasteiger charge is -2.13. The number of aliphatic hydroxyl groups is 1. The van der Waals surface area contributed by atoms with Crippen molar-refractivity contribution in [1.82, 2.24) is 0 Å². The predicted octanol–water partition coefficient (Wildman–Crippen LogP) is 2.77. The standard InChI is InChI=1S/C11H14Cl2O3/c1-2-15-6-9(14)7-16-11-4-3-8(12)5-10(11)13/h3-5,9,14H,2,6-7H2,1H3/t9-/m0/s1. The van der Waals surface area contributed by atoms with Crippen LogP contribution in [0.3, 0.4) is 0 Å². The molecule has 0 unspecified atom stereocenters. The molecule has 0 heterocycles. The maximum atomic E-state index is 9.47. The lowest BCUT2D eigenvalue weighted by atomic mass is 10.3. The van der Waals surface area contributed by atoms with Crippen LogP contribution in [0.2, 0.25) is 10.0 Å². The summed E-state index contributed by atoms with van der Waals surface area (Å²) in [4.78, 5) is 0. The van der Waals surface area contributed by atoms with Gasteiger partial charge in [0.2, 0.25) is 0 Å². The molecule has 0 bridgehead atoms. The van der Waals surface area contributed by atoms with E-state index >= 15 is 0 Å². The highest BCUT2D eigenvalue weighted by Gasteiger charge is 2.07. The maximum Gasteiger partial charge on any atom is 0.138 e. The fourth-order valence-corrected chi connectivity index (χ4v) is 1.54. The van der Waals surface area contributed by atoms with Gasteiger partial charge in [-0.25, -0.2) is 0 Å². The zero-order chi connectivity index (χ0) is 12.0. The summed E-state index contributed by atoms with van der Waals surface area (Å²) in [5.74, 6) is 0.501. The first-order chi connectivity index (χ1) is 7.63. The third kappa shape index (κ3) is 4.58. The zero-order valence-corrected chi connectivity index (χ0v) is 10.5. The molecule has 1 aromatic rings. The molecule has 0 saturated heterocycles. The van der Waals surface area contributed by atoms with Gasteiger partial charge in [0.15, 0.2) is 0 Å². The fraction of sp³-hybridized carbons (Fsp3) is 0.455. The molecule has 0 spiro atoms. The first-order valence-electron chi connectivity index (χ1n) is 4.97. The van der Waals surface area contributed by atoms with E-state index in [-0.39, 0.29) is 13.2 Å². The smallest absolute Gasteiger partial charge is 0.138 e. The van der Waals surface area contributed by atoms with Crippen LogP contribution < -0.4 is 4.74 Å². The lowest BCUT2D eigenvalue weighted by molar-refractivity contribution is 0.0165. The first-order valence-corrected chi connectivity index (χ1v) is 5.72. The highest BCUT2D eigenvalue weighted by molar-refractivity contribution is 6.35. The van der Waals surface area contributed by atoms with E-state index in [0.29, 0.717) is 22.4 Å². The Labute approximate surface area is 105 Å². The first kappa shape index (κ1) is 13.6. The Balaban J connectivity index is 2.42. The molecule has 0 aliphatic rings. The summed E-state index contributed by atoms with van der Waals surface area (Å²) in [6.07, 6.45) is -0.660. The van der Waals surface area contributed by atoms with E-state index in [4.69, 9.17) is 32.7 Å². The van der Waals surface area contributed by atoms with E-state index in [1.165, 1.54) is 0 Å². The van der Waals surface area contributed by atoms with Gasteiger partial charge in [0.1, 0.15) is 18.5 Å². The molecular weight excluding hydrogens is 251 g/mol. The van der Waals surface area contributed by atoms with E-state index in [9.17, 15) is 5.11 Å². The van der Waals surface area contributed by atoms with Crippen LogP contribution in [-0.4, -0.2) is 31.0 Å². The second-order valence-corrected chi connectivity index (χ2v) is 4.04. The van der Waals surface area contributed by atoms with Crippen molar-refractivity contribution in [2.45, 2.75) is 13.0 Å². The quantitative estimate of drug-likeness (QED) is 0.859. The number of aliphatic hydroxyl groups excluding tert-OH is 1. The van der Waals surface area contributed by atoms with E-state index in [1.807, 2.05) is 6.92 Å². The number of benzene rings is 1. The molecular formula is C11H14Cl2O3. The molecule has 0 aliphatic heterocycles. The molecule has 0 aliphatic carbocycles. The third-order valence-electron chi connectivity index (χ3n) is 1.84. The maximum absolute atomic E-state index is 9.47. The average molecular weight is 265 g/mol. The van der Waals surface area contributed by atoms with Crippen molar-refractivity contribution in [2.24, 2.45) is 0 Å². The van der Waals surface area contributed by atoms with Gasteiger partial charge in [0, 0.05) is 11.6 Å². The van der Waals surface area contributed by atoms with Gasteiger partial charge in [0.25, 0.3) is 0 Å². The Kier molecular flexibility index (Phi) is 5.91. The summed E-state index contributed by atoms with van der Waals surface area (Å²) in [7, 11) is 0. The van der Waals surface area contributed by atoms with Gasteiger partial charge in [-0.15, -0.1) is 0 Å². The van der Waals surface area contributed by atoms with Gasteiger partial charge in [-0.1, -0.05) is 23.2 Å². The molecule has 1 aromatic carbocycles. The SMILES string of the molecule is CCOC[C@H](O)COc1ccc(Cl)cc1Cl. The topological polar surface area (TPSA) is 38.7 Å². The average Bonchev–Trinajstić information content (AvgIpc) is 2.25. The van der Waals surface area contributed by atoms with E-state index in [2.05, 4.69) is 0 Å². The predicted molar refractivity (Wildman–Crippen MR) is 64.5 cm³/mol. The molecule has 0 aromatic heterocycles. The van der Waals surface area contributed by atoms with Crippen molar-refractivity contribution >= 4 is 23.2 Å². The van der Waals surface area contributed by atoms with Crippen molar-refractivity contribution in [3.05, 3.63) is 28.2 Å². The number of rotatable bonds is 6. The van der Waals surface area contributed by atoms with Crippen LogP contribution in [0.1, 0.15) is 6.92 Å². The van der Waals surface area contributed by atoms with Gasteiger partial charge < -0.3 is 14.6 Å². The number of hydrogen-bond acceptors (Lipinski definition) is 3. The van der Waals surface area contributed by atoms with Crippen LogP contribution in [0.15, 0.2) is 18.2 Å². The Morgan fingerprint density at radius 2 is 2.06 bits per heavy atom. The second kappa shape index (κ2) is 6.97. The highest BCUT2D eigenvalue weighted by atomic mass is 35.5. The van der Waals surface area contributed by atoms with Crippen LogP contribution in [0.5, 0.6) is 5.75 Å².